The Kier molecular flexibility index (Phi) is 8.51. The van der Waals surface area contributed by atoms with Crippen LogP contribution in [0.2, 0.25) is 0 Å². The highest BCUT2D eigenvalue weighted by Gasteiger charge is 1.80. The fraction of sp³-hybridized carbons (Fsp3) is 0.800. The molecule has 0 aromatic rings. The van der Waals surface area contributed by atoms with Crippen LogP contribution in [0.25, 0.3) is 0 Å². The van der Waals surface area contributed by atoms with Crippen molar-refractivity contribution in [2.45, 2.75) is 52.4 Å². The first-order valence-electron chi connectivity index (χ1n) is 4.46. The monoisotopic (exact) mass is 139 g/mol. The lowest BCUT2D eigenvalue weighted by atomic mass is 10.2. The molecule has 0 heterocycles. The molecule has 0 heteroatoms. The van der Waals surface area contributed by atoms with Crippen molar-refractivity contribution in [2.75, 3.05) is 0 Å². The molecule has 0 aromatic heterocycles. The van der Waals surface area contributed by atoms with Crippen LogP contribution >= 0.6 is 0 Å². The summed E-state index contributed by atoms with van der Waals surface area (Å²) in [5.74, 6) is 0. The fourth-order valence-corrected chi connectivity index (χ4v) is 0.826. The summed E-state index contributed by atoms with van der Waals surface area (Å²) in [5, 5.41) is 0. The highest BCUT2D eigenvalue weighted by Crippen LogP contribution is 1.99. The van der Waals surface area contributed by atoms with E-state index in [4.69, 9.17) is 0 Å². The van der Waals surface area contributed by atoms with Crippen LogP contribution in [0.15, 0.2) is 6.08 Å². The summed E-state index contributed by atoms with van der Waals surface area (Å²) < 4.78 is 0. The summed E-state index contributed by atoms with van der Waals surface area (Å²) >= 11 is 0. The highest BCUT2D eigenvalue weighted by atomic mass is 13.9. The molecule has 0 amide bonds. The quantitative estimate of drug-likeness (QED) is 0.492. The van der Waals surface area contributed by atoms with Gasteiger partial charge in [-0.3, -0.25) is 0 Å². The Morgan fingerprint density at radius 2 is 1.90 bits per heavy atom. The van der Waals surface area contributed by atoms with Crippen LogP contribution < -0.4 is 0 Å². The molecular weight excluding hydrogens is 120 g/mol. The van der Waals surface area contributed by atoms with E-state index >= 15 is 0 Å². The maximum Gasteiger partial charge on any atom is -0.0279 e. The topological polar surface area (TPSA) is 0 Å². The molecule has 10 heavy (non-hydrogen) atoms. The van der Waals surface area contributed by atoms with Gasteiger partial charge in [0, 0.05) is 0 Å². The maximum atomic E-state index is 3.30. The van der Waals surface area contributed by atoms with E-state index in [9.17, 15) is 0 Å². The second-order valence-corrected chi connectivity index (χ2v) is 2.65. The second kappa shape index (κ2) is 8.74. The normalized spacial score (nSPS) is 11.0. The van der Waals surface area contributed by atoms with Gasteiger partial charge in [-0.25, -0.2) is 0 Å². The Morgan fingerprint density at radius 1 is 1.10 bits per heavy atom. The molecule has 0 nitrogen and oxygen atoms in total. The van der Waals surface area contributed by atoms with Crippen LogP contribution in [0.5, 0.6) is 0 Å². The third-order valence-electron chi connectivity index (χ3n) is 1.50. The summed E-state index contributed by atoms with van der Waals surface area (Å²) in [6, 6.07) is 0. The molecule has 0 aromatic carbocycles. The number of rotatable bonds is 6. The molecule has 0 aliphatic rings. The predicted octanol–water partition coefficient (Wildman–Crippen LogP) is 3.73. The molecule has 59 valence electrons. The van der Waals surface area contributed by atoms with E-state index in [1.54, 1.807) is 0 Å². The van der Waals surface area contributed by atoms with Crippen LogP contribution in [-0.2, 0) is 0 Å². The van der Waals surface area contributed by atoms with Crippen LogP contribution in [0, 0.1) is 6.08 Å². The zero-order chi connectivity index (χ0) is 7.66. The van der Waals surface area contributed by atoms with E-state index < -0.39 is 0 Å². The molecule has 1 radical (unpaired) electrons. The van der Waals surface area contributed by atoms with Crippen molar-refractivity contribution in [2.24, 2.45) is 0 Å². The second-order valence-electron chi connectivity index (χ2n) is 2.65. The molecule has 0 unspecified atom stereocenters. The Labute approximate surface area is 65.3 Å². The lowest BCUT2D eigenvalue weighted by molar-refractivity contribution is 0.720. The lowest BCUT2D eigenvalue weighted by Crippen LogP contribution is -1.71. The molecule has 0 saturated heterocycles. The fourth-order valence-electron chi connectivity index (χ4n) is 0.826. The van der Waals surface area contributed by atoms with E-state index in [0.717, 1.165) is 6.42 Å². The molecular formula is C10H19. The van der Waals surface area contributed by atoms with Gasteiger partial charge >= 0.3 is 0 Å². The Bertz CT molecular complexity index is 72.1. The minimum absolute atomic E-state index is 1.16. The van der Waals surface area contributed by atoms with Crippen molar-refractivity contribution in [3.05, 3.63) is 12.2 Å². The molecule has 0 atom stereocenters. The minimum Gasteiger partial charge on any atom is -0.0811 e. The predicted molar refractivity (Wildman–Crippen MR) is 46.9 cm³/mol. The van der Waals surface area contributed by atoms with Crippen LogP contribution in [0.1, 0.15) is 52.4 Å². The minimum atomic E-state index is 1.16. The standard InChI is InChI=1S/C10H19/c1-3-5-7-9-10-8-6-4-2/h7H,3-6,8,10H2,1-2H3. The first-order chi connectivity index (χ1) is 4.91. The van der Waals surface area contributed by atoms with E-state index in [2.05, 4.69) is 26.0 Å². The summed E-state index contributed by atoms with van der Waals surface area (Å²) in [6.45, 7) is 4.43. The van der Waals surface area contributed by atoms with Gasteiger partial charge in [0.15, 0.2) is 0 Å². The number of allylic oxidation sites excluding steroid dienone is 2. The summed E-state index contributed by atoms with van der Waals surface area (Å²) in [7, 11) is 0. The SMILES string of the molecule is CCC/C=[C]/CCCCC. The molecule has 0 aliphatic heterocycles. The van der Waals surface area contributed by atoms with Gasteiger partial charge in [-0.05, 0) is 25.3 Å². The smallest absolute Gasteiger partial charge is 0.0279 e. The van der Waals surface area contributed by atoms with E-state index in [0.29, 0.717) is 0 Å². The summed E-state index contributed by atoms with van der Waals surface area (Å²) in [4.78, 5) is 0. The van der Waals surface area contributed by atoms with Gasteiger partial charge in [-0.15, -0.1) is 0 Å². The average molecular weight is 139 g/mol. The first-order valence-corrected chi connectivity index (χ1v) is 4.46. The van der Waals surface area contributed by atoms with Gasteiger partial charge in [-0.2, -0.15) is 0 Å². The van der Waals surface area contributed by atoms with Crippen molar-refractivity contribution in [3.63, 3.8) is 0 Å². The average Bonchev–Trinajstić information content (AvgIpc) is 1.97. The zero-order valence-electron chi connectivity index (χ0n) is 7.32. The van der Waals surface area contributed by atoms with Crippen LogP contribution in [0.3, 0.4) is 0 Å². The number of hydrogen-bond donors (Lipinski definition) is 0. The van der Waals surface area contributed by atoms with Gasteiger partial charge < -0.3 is 0 Å². The van der Waals surface area contributed by atoms with Crippen molar-refractivity contribution >= 4 is 0 Å². The molecule has 0 saturated carbocycles. The third kappa shape index (κ3) is 7.74. The largest absolute Gasteiger partial charge is 0.0811 e. The van der Waals surface area contributed by atoms with Crippen molar-refractivity contribution in [3.8, 4) is 0 Å². The van der Waals surface area contributed by atoms with Gasteiger partial charge in [0.1, 0.15) is 0 Å². The zero-order valence-corrected chi connectivity index (χ0v) is 7.32. The molecule has 0 aliphatic carbocycles. The van der Waals surface area contributed by atoms with E-state index in [1.165, 1.54) is 32.1 Å². The van der Waals surface area contributed by atoms with Gasteiger partial charge in [-0.1, -0.05) is 39.2 Å². The first kappa shape index (κ1) is 9.74. The van der Waals surface area contributed by atoms with E-state index in [-0.39, 0.29) is 0 Å². The van der Waals surface area contributed by atoms with Crippen molar-refractivity contribution in [1.82, 2.24) is 0 Å². The number of hydrogen-bond acceptors (Lipinski definition) is 0. The Hall–Kier alpha value is -0.260. The van der Waals surface area contributed by atoms with Crippen LogP contribution in [0.4, 0.5) is 0 Å². The van der Waals surface area contributed by atoms with Gasteiger partial charge in [0.25, 0.3) is 0 Å². The molecule has 0 bridgehead atoms. The van der Waals surface area contributed by atoms with Gasteiger partial charge in [0.05, 0.1) is 0 Å². The lowest BCUT2D eigenvalue weighted by Gasteiger charge is -1.90. The molecule has 0 spiro atoms. The van der Waals surface area contributed by atoms with Crippen molar-refractivity contribution < 1.29 is 0 Å². The summed E-state index contributed by atoms with van der Waals surface area (Å²) in [6.07, 6.45) is 13.1. The highest BCUT2D eigenvalue weighted by molar-refractivity contribution is 4.72. The van der Waals surface area contributed by atoms with Crippen LogP contribution in [-0.4, -0.2) is 0 Å². The van der Waals surface area contributed by atoms with Gasteiger partial charge in [0.2, 0.25) is 0 Å². The molecule has 0 N–H and O–H groups in total. The number of unbranched alkanes of at least 4 members (excludes halogenated alkanes) is 4. The maximum absolute atomic E-state index is 3.30. The summed E-state index contributed by atoms with van der Waals surface area (Å²) in [5.41, 5.74) is 0. The third-order valence-corrected chi connectivity index (χ3v) is 1.50. The van der Waals surface area contributed by atoms with Crippen molar-refractivity contribution in [1.29, 1.82) is 0 Å². The Balaban J connectivity index is 2.88. The molecule has 0 fully saturated rings. The Morgan fingerprint density at radius 3 is 2.50 bits per heavy atom. The van der Waals surface area contributed by atoms with E-state index in [1.807, 2.05) is 0 Å². The molecule has 0 rings (SSSR count).